The summed E-state index contributed by atoms with van der Waals surface area (Å²) in [6, 6.07) is 0.441. The molecule has 1 aromatic rings. The number of halogens is 1. The van der Waals surface area contributed by atoms with E-state index in [1.165, 1.54) is 0 Å². The van der Waals surface area contributed by atoms with Gasteiger partial charge < -0.3 is 10.1 Å². The molecule has 1 rings (SSSR count). The molecule has 1 aromatic heterocycles. The summed E-state index contributed by atoms with van der Waals surface area (Å²) < 4.78 is 5.42. The summed E-state index contributed by atoms with van der Waals surface area (Å²) in [6.07, 6.45) is -0.00337. The largest absolute Gasteiger partial charge is 0.461 e. The van der Waals surface area contributed by atoms with Crippen molar-refractivity contribution in [3.8, 4) is 6.01 Å². The Morgan fingerprint density at radius 2 is 1.72 bits per heavy atom. The van der Waals surface area contributed by atoms with Crippen LogP contribution in [0.5, 0.6) is 6.01 Å². The van der Waals surface area contributed by atoms with Gasteiger partial charge in [-0.25, -0.2) is 0 Å². The summed E-state index contributed by atoms with van der Waals surface area (Å²) >= 11 is 5.85. The fourth-order valence-electron chi connectivity index (χ4n) is 1.07. The van der Waals surface area contributed by atoms with Crippen LogP contribution >= 0.6 is 11.6 Å². The Hall–Kier alpha value is -1.10. The van der Waals surface area contributed by atoms with Crippen molar-refractivity contribution in [3.05, 3.63) is 5.28 Å². The monoisotopic (exact) mass is 272 g/mol. The number of hydrogen-bond acceptors (Lipinski definition) is 5. The maximum absolute atomic E-state index is 5.85. The first-order valence-electron chi connectivity index (χ1n) is 6.03. The summed E-state index contributed by atoms with van der Waals surface area (Å²) in [5.74, 6) is 0.438. The molecule has 102 valence electrons. The molecule has 0 aliphatic heterocycles. The minimum atomic E-state index is -0.00337. The Morgan fingerprint density at radius 3 is 2.22 bits per heavy atom. The second-order valence-electron chi connectivity index (χ2n) is 5.61. The van der Waals surface area contributed by atoms with Crippen LogP contribution in [0.25, 0.3) is 0 Å². The Balaban J connectivity index is 2.86. The van der Waals surface area contributed by atoms with Gasteiger partial charge in [0.1, 0.15) is 0 Å². The molecule has 6 heteroatoms. The van der Waals surface area contributed by atoms with Crippen LogP contribution in [0.2, 0.25) is 5.28 Å². The average Bonchev–Trinajstić information content (AvgIpc) is 2.13. The Bertz CT molecular complexity index is 404. The molecule has 1 heterocycles. The maximum Gasteiger partial charge on any atom is 0.322 e. The van der Waals surface area contributed by atoms with Gasteiger partial charge in [-0.2, -0.15) is 15.0 Å². The standard InChI is InChI=1S/C12H21ClN4O/c1-7(2)18-11-16-9(13)15-10(17-11)14-8(3)12(4,5)6/h7-8H,1-6H3,(H,14,15,16,17). The molecule has 0 aromatic carbocycles. The molecule has 1 N–H and O–H groups in total. The van der Waals surface area contributed by atoms with Crippen LogP contribution in [-0.4, -0.2) is 27.1 Å². The number of rotatable bonds is 4. The minimum absolute atomic E-state index is 0.00337. The van der Waals surface area contributed by atoms with Gasteiger partial charge in [0.25, 0.3) is 0 Å². The van der Waals surface area contributed by atoms with Gasteiger partial charge >= 0.3 is 6.01 Å². The molecule has 0 radical (unpaired) electrons. The first kappa shape index (κ1) is 15.0. The third kappa shape index (κ3) is 4.64. The van der Waals surface area contributed by atoms with E-state index in [9.17, 15) is 0 Å². The summed E-state index contributed by atoms with van der Waals surface area (Å²) in [6.45, 7) is 12.3. The van der Waals surface area contributed by atoms with Crippen LogP contribution in [0.15, 0.2) is 0 Å². The van der Waals surface area contributed by atoms with Crippen molar-refractivity contribution in [2.75, 3.05) is 5.32 Å². The average molecular weight is 273 g/mol. The zero-order chi connectivity index (χ0) is 13.9. The second-order valence-corrected chi connectivity index (χ2v) is 5.95. The zero-order valence-corrected chi connectivity index (χ0v) is 12.5. The van der Waals surface area contributed by atoms with E-state index in [2.05, 4.69) is 48.0 Å². The van der Waals surface area contributed by atoms with E-state index >= 15 is 0 Å². The highest BCUT2D eigenvalue weighted by Gasteiger charge is 2.21. The van der Waals surface area contributed by atoms with E-state index < -0.39 is 0 Å². The summed E-state index contributed by atoms with van der Waals surface area (Å²) in [7, 11) is 0. The van der Waals surface area contributed by atoms with Gasteiger partial charge in [0, 0.05) is 6.04 Å². The topological polar surface area (TPSA) is 59.9 Å². The molecule has 1 unspecified atom stereocenters. The third-order valence-electron chi connectivity index (χ3n) is 2.57. The molecule has 0 fully saturated rings. The van der Waals surface area contributed by atoms with Crippen molar-refractivity contribution in [3.63, 3.8) is 0 Å². The van der Waals surface area contributed by atoms with Crippen molar-refractivity contribution in [1.29, 1.82) is 0 Å². The smallest absolute Gasteiger partial charge is 0.322 e. The molecule has 0 bridgehead atoms. The molecule has 18 heavy (non-hydrogen) atoms. The van der Waals surface area contributed by atoms with E-state index in [4.69, 9.17) is 16.3 Å². The summed E-state index contributed by atoms with van der Waals surface area (Å²) in [4.78, 5) is 12.2. The number of nitrogens with one attached hydrogen (secondary N) is 1. The quantitative estimate of drug-likeness (QED) is 0.912. The third-order valence-corrected chi connectivity index (χ3v) is 2.74. The van der Waals surface area contributed by atoms with Gasteiger partial charge in [-0.15, -0.1) is 0 Å². The van der Waals surface area contributed by atoms with Crippen LogP contribution < -0.4 is 10.1 Å². The molecular formula is C12H21ClN4O. The van der Waals surface area contributed by atoms with Gasteiger partial charge in [0.15, 0.2) is 0 Å². The number of nitrogens with zero attached hydrogens (tertiary/aromatic N) is 3. The predicted octanol–water partition coefficient (Wildman–Crippen LogP) is 3.16. The van der Waals surface area contributed by atoms with Crippen molar-refractivity contribution >= 4 is 17.5 Å². The first-order chi connectivity index (χ1) is 8.18. The van der Waals surface area contributed by atoms with Gasteiger partial charge in [0.2, 0.25) is 11.2 Å². The Labute approximate surface area is 113 Å². The van der Waals surface area contributed by atoms with E-state index in [0.29, 0.717) is 5.95 Å². The van der Waals surface area contributed by atoms with Crippen molar-refractivity contribution in [2.45, 2.75) is 53.7 Å². The highest BCUT2D eigenvalue weighted by molar-refractivity contribution is 6.28. The molecule has 1 atom stereocenters. The number of hydrogen-bond donors (Lipinski definition) is 1. The van der Waals surface area contributed by atoms with Gasteiger partial charge in [-0.05, 0) is 37.8 Å². The number of anilines is 1. The van der Waals surface area contributed by atoms with Crippen LogP contribution in [-0.2, 0) is 0 Å². The molecule has 5 nitrogen and oxygen atoms in total. The highest BCUT2D eigenvalue weighted by atomic mass is 35.5. The molecule has 0 aliphatic rings. The molecule has 0 spiro atoms. The van der Waals surface area contributed by atoms with Gasteiger partial charge in [-0.1, -0.05) is 20.8 Å². The van der Waals surface area contributed by atoms with Crippen molar-refractivity contribution < 1.29 is 4.74 Å². The molecule has 0 amide bonds. The normalized spacial score (nSPS) is 13.6. The lowest BCUT2D eigenvalue weighted by molar-refractivity contribution is 0.221. The molecule has 0 saturated heterocycles. The lowest BCUT2D eigenvalue weighted by atomic mass is 9.88. The van der Waals surface area contributed by atoms with E-state index in [1.807, 2.05) is 13.8 Å². The Kier molecular flexibility index (Phi) is 4.73. The van der Waals surface area contributed by atoms with Crippen LogP contribution in [0.3, 0.4) is 0 Å². The second kappa shape index (κ2) is 5.69. The molecular weight excluding hydrogens is 252 g/mol. The minimum Gasteiger partial charge on any atom is -0.461 e. The van der Waals surface area contributed by atoms with Crippen LogP contribution in [0.4, 0.5) is 5.95 Å². The zero-order valence-electron chi connectivity index (χ0n) is 11.8. The van der Waals surface area contributed by atoms with Gasteiger partial charge in [0.05, 0.1) is 6.10 Å². The van der Waals surface area contributed by atoms with E-state index in [-0.39, 0.29) is 28.9 Å². The maximum atomic E-state index is 5.85. The first-order valence-corrected chi connectivity index (χ1v) is 6.41. The molecule has 0 aliphatic carbocycles. The van der Waals surface area contributed by atoms with E-state index in [1.54, 1.807) is 0 Å². The fraction of sp³-hybridized carbons (Fsp3) is 0.750. The van der Waals surface area contributed by atoms with E-state index in [0.717, 1.165) is 0 Å². The fourth-order valence-corrected chi connectivity index (χ4v) is 1.22. The lowest BCUT2D eigenvalue weighted by Crippen LogP contribution is -2.31. The van der Waals surface area contributed by atoms with Crippen LogP contribution in [0, 0.1) is 5.41 Å². The van der Waals surface area contributed by atoms with Crippen molar-refractivity contribution in [2.24, 2.45) is 5.41 Å². The SMILES string of the molecule is CC(C)Oc1nc(Cl)nc(NC(C)C(C)(C)C)n1. The highest BCUT2D eigenvalue weighted by Crippen LogP contribution is 2.22. The number of ether oxygens (including phenoxy) is 1. The van der Waals surface area contributed by atoms with Gasteiger partial charge in [-0.3, -0.25) is 0 Å². The summed E-state index contributed by atoms with van der Waals surface area (Å²) in [5.41, 5.74) is 0.0954. The summed E-state index contributed by atoms with van der Waals surface area (Å²) in [5, 5.41) is 3.34. The Morgan fingerprint density at radius 1 is 1.11 bits per heavy atom. The van der Waals surface area contributed by atoms with Crippen LogP contribution in [0.1, 0.15) is 41.5 Å². The lowest BCUT2D eigenvalue weighted by Gasteiger charge is -2.28. The molecule has 0 saturated carbocycles. The predicted molar refractivity (Wildman–Crippen MR) is 73.1 cm³/mol. The van der Waals surface area contributed by atoms with Crippen molar-refractivity contribution in [1.82, 2.24) is 15.0 Å². The number of aromatic nitrogens is 3.